The topological polar surface area (TPSA) is 402 Å². The third-order valence-electron chi connectivity index (χ3n) is 11.7. The van der Waals surface area contributed by atoms with E-state index in [9.17, 15) is 61.5 Å². The summed E-state index contributed by atoms with van der Waals surface area (Å²) in [6.45, 7) is 8.12. The van der Waals surface area contributed by atoms with E-state index in [1.54, 1.807) is 6.07 Å². The Morgan fingerprint density at radius 2 is 1.80 bits per heavy atom. The second kappa shape index (κ2) is 24.2. The van der Waals surface area contributed by atoms with E-state index in [-0.39, 0.29) is 40.4 Å². The van der Waals surface area contributed by atoms with Crippen LogP contribution < -0.4 is 26.9 Å². The average Bonchev–Trinajstić information content (AvgIpc) is 3.82. The maximum Gasteiger partial charge on any atom is 0.490 e. The first kappa shape index (κ1) is 59.3. The van der Waals surface area contributed by atoms with Crippen LogP contribution in [0.5, 0.6) is 0 Å². The van der Waals surface area contributed by atoms with E-state index >= 15 is 0 Å². The van der Waals surface area contributed by atoms with E-state index < -0.39 is 75.8 Å². The van der Waals surface area contributed by atoms with E-state index in [1.807, 2.05) is 57.2 Å². The molecule has 3 aliphatic rings. The van der Waals surface area contributed by atoms with Crippen LogP contribution in [0, 0.1) is 0 Å². The molecule has 74 heavy (non-hydrogen) atoms. The molecule has 0 saturated carbocycles. The summed E-state index contributed by atoms with van der Waals surface area (Å²) in [5, 5.41) is 37.8. The fraction of sp³-hybridized carbons (Fsp3) is 0.415. The predicted octanol–water partition coefficient (Wildman–Crippen LogP) is 2.68. The Labute approximate surface area is 431 Å². The van der Waals surface area contributed by atoms with Gasteiger partial charge < -0.3 is 55.7 Å². The number of hydrogen-bond acceptors (Lipinski definition) is 21. The van der Waals surface area contributed by atoms with Crippen molar-refractivity contribution in [2.45, 2.75) is 79.8 Å². The summed E-state index contributed by atoms with van der Waals surface area (Å²) in [4.78, 5) is 68.5. The van der Waals surface area contributed by atoms with Crippen molar-refractivity contribution in [1.29, 1.82) is 0 Å². The number of carbonyl (C=O) groups is 1. The number of benzene rings is 2. The van der Waals surface area contributed by atoms with Crippen molar-refractivity contribution in [2.24, 2.45) is 0 Å². The van der Waals surface area contributed by atoms with Gasteiger partial charge in [0.2, 0.25) is 11.6 Å². The number of ether oxygens (including phenoxy) is 1. The molecule has 0 radical (unpaired) electrons. The van der Waals surface area contributed by atoms with Gasteiger partial charge in [0.05, 0.1) is 34.7 Å². The summed E-state index contributed by atoms with van der Waals surface area (Å²) >= 11 is 2.19. The predicted molar refractivity (Wildman–Crippen MR) is 265 cm³/mol. The molecule has 27 nitrogen and oxygen atoms in total. The van der Waals surface area contributed by atoms with Crippen LogP contribution >= 0.6 is 47.3 Å². The highest BCUT2D eigenvalue weighted by molar-refractivity contribution is 7.99. The molecule has 33 heteroatoms. The van der Waals surface area contributed by atoms with Crippen molar-refractivity contribution in [1.82, 2.24) is 14.9 Å². The summed E-state index contributed by atoms with van der Waals surface area (Å²) in [6.07, 6.45) is 3.42. The van der Waals surface area contributed by atoms with Crippen molar-refractivity contribution in [3.05, 3.63) is 99.8 Å². The van der Waals surface area contributed by atoms with Crippen molar-refractivity contribution >= 4 is 92.3 Å². The minimum absolute atomic E-state index is 0.00182. The molecular weight excluding hydrogens is 1100 g/mol. The summed E-state index contributed by atoms with van der Waals surface area (Å²) < 4.78 is 93.5. The van der Waals surface area contributed by atoms with E-state index in [1.165, 1.54) is 36.0 Å². The maximum atomic E-state index is 12.8. The minimum Gasteiger partial charge on any atom is -0.691 e. The first-order valence-corrected chi connectivity index (χ1v) is 29.8. The Morgan fingerprint density at radius 1 is 1.07 bits per heavy atom. The highest BCUT2D eigenvalue weighted by atomic mass is 32.2. The summed E-state index contributed by atoms with van der Waals surface area (Å²) in [7, 11) is -21.6. The quantitative estimate of drug-likeness (QED) is 0.0118. The number of aromatic nitrogens is 2. The number of allylic oxidation sites excluding steroid dienone is 4. The molecule has 6 rings (SSSR count). The van der Waals surface area contributed by atoms with Gasteiger partial charge in [-0.05, 0) is 68.5 Å². The molecule has 2 aromatic carbocycles. The number of aliphatic hydroxyl groups is 2. The van der Waals surface area contributed by atoms with Gasteiger partial charge in [-0.2, -0.15) is 42.7 Å². The number of nitrogens with zero attached hydrogens (tertiary/aromatic N) is 4. The molecule has 3 aliphatic heterocycles. The molecule has 1 saturated heterocycles. The summed E-state index contributed by atoms with van der Waals surface area (Å²) in [6, 6.07) is 10.2. The van der Waals surface area contributed by atoms with Gasteiger partial charge in [-0.1, -0.05) is 25.2 Å². The van der Waals surface area contributed by atoms with E-state index in [0.717, 1.165) is 51.2 Å². The number of carbonyl (C=O) groups excluding carboxylic acids is 1. The number of phosphoric acid groups is 3. The van der Waals surface area contributed by atoms with E-state index in [4.69, 9.17) is 20.3 Å². The van der Waals surface area contributed by atoms with E-state index in [0.29, 0.717) is 35.7 Å². The Kier molecular flexibility index (Phi) is 19.4. The number of hydrogen-bond donors (Lipinski definition) is 9. The Balaban J connectivity index is 1.05. The van der Waals surface area contributed by atoms with Gasteiger partial charge in [-0.25, -0.2) is 18.5 Å². The largest absolute Gasteiger partial charge is 0.691 e. The second-order valence-electron chi connectivity index (χ2n) is 17.0. The molecule has 0 aliphatic carbocycles. The highest BCUT2D eigenvalue weighted by Gasteiger charge is 2.48. The maximum absolute atomic E-state index is 12.8. The summed E-state index contributed by atoms with van der Waals surface area (Å²) in [5.41, 5.74) is 9.74. The lowest BCUT2D eigenvalue weighted by Gasteiger charge is -2.20. The fourth-order valence-corrected chi connectivity index (χ4v) is 13.1. The molecule has 0 spiro atoms. The Bertz CT molecular complexity index is 3060. The first-order chi connectivity index (χ1) is 34.6. The smallest absolute Gasteiger partial charge is 0.490 e. The molecule has 7 atom stereocenters. The number of aliphatic hydroxyl groups excluding tert-OH is 2. The van der Waals surface area contributed by atoms with Gasteiger partial charge in [0.25, 0.3) is 10.1 Å². The number of rotatable bonds is 24. The Morgan fingerprint density at radius 3 is 2.47 bits per heavy atom. The zero-order chi connectivity index (χ0) is 54.6. The molecule has 406 valence electrons. The summed E-state index contributed by atoms with van der Waals surface area (Å²) in [5.74, 6) is 0.0628. The van der Waals surface area contributed by atoms with Gasteiger partial charge in [-0.3, -0.25) is 23.5 Å². The molecule has 1 aromatic heterocycles. The van der Waals surface area contributed by atoms with Crippen LogP contribution in [0.15, 0.2) is 87.2 Å². The number of phosphoric ester groups is 1. The highest BCUT2D eigenvalue weighted by Crippen LogP contribution is 2.66. The number of nitrogens with one attached hydrogen (secondary N) is 1. The average molecular weight is 1160 g/mol. The number of nitrogens with two attached hydrogens (primary N) is 1. The third-order valence-corrected chi connectivity index (χ3v) is 18.0. The van der Waals surface area contributed by atoms with Crippen molar-refractivity contribution in [3.63, 3.8) is 0 Å². The first-order valence-electron chi connectivity index (χ1n) is 22.0. The normalized spacial score (nSPS) is 22.9. The Hall–Kier alpha value is -3.94. The fourth-order valence-electron chi connectivity index (χ4n) is 8.42. The minimum atomic E-state index is -5.85. The molecule has 10 N–H and O–H groups in total. The van der Waals surface area contributed by atoms with Crippen LogP contribution in [0.2, 0.25) is 0 Å². The monoisotopic (exact) mass is 1150 g/mol. The van der Waals surface area contributed by atoms with Gasteiger partial charge in [0.1, 0.15) is 30.7 Å². The zero-order valence-corrected chi connectivity index (χ0v) is 44.7. The van der Waals surface area contributed by atoms with Gasteiger partial charge in [0, 0.05) is 71.2 Å². The molecule has 4 heterocycles. The molecular formula is C41H53N6O21P3S3. The third kappa shape index (κ3) is 14.5. The zero-order valence-electron chi connectivity index (χ0n) is 39.5. The molecule has 7 unspecified atom stereocenters. The van der Waals surface area contributed by atoms with Crippen molar-refractivity contribution in [3.8, 4) is 0 Å². The lowest BCUT2D eigenvalue weighted by molar-refractivity contribution is -0.777. The molecule has 3 aromatic rings. The van der Waals surface area contributed by atoms with Gasteiger partial charge >= 0.3 is 29.2 Å². The van der Waals surface area contributed by atoms with Crippen molar-refractivity contribution in [2.75, 3.05) is 48.4 Å². The number of nitrogen functional groups attached to an aromatic ring is 1. The van der Waals surface area contributed by atoms with Crippen LogP contribution in [0.3, 0.4) is 0 Å². The number of anilines is 2. The van der Waals surface area contributed by atoms with Crippen LogP contribution in [-0.2, 0) is 61.3 Å². The second-order valence-corrected chi connectivity index (χ2v) is 24.7. The number of likely N-dealkylation sites (N-methyl/N-ethyl adjacent to an activating group) is 1. The number of fused-ring (bicyclic) bond motifs is 2. The van der Waals surface area contributed by atoms with Crippen LogP contribution in [-0.4, -0.2) is 125 Å². The standard InChI is InChI=1S/C41H53N6O21P3S3/c1-5-45-30(24(2)28-19-26(73-66-65-52)12-14-31(28)45)10-6-11-34-41(3,4)29-20-27(74(60,61)62)13-15-32(29)46(34)17-8-18-72-23-35(48)43-16-7-9-25-21-47(40(51)44-38(25)42)39-37(50)36(49)33(64-39)22-63-70(56,57)68-71(58,59)67-69(53,54)55/h6-7,9-15,19-21,24,33,36-37,39,49-50H,5,8,16-18,22-23H2,1-4H3,(H8-,42,43,44,48,51,52,53,54,55,56,57,58,59,60,61,62). The van der Waals surface area contributed by atoms with Crippen LogP contribution in [0.25, 0.3) is 6.08 Å². The van der Waals surface area contributed by atoms with Gasteiger partial charge in [0.15, 0.2) is 11.9 Å². The molecule has 1 amide bonds. The molecule has 1 fully saturated rings. The lowest BCUT2D eigenvalue weighted by Crippen LogP contribution is -2.36. The van der Waals surface area contributed by atoms with E-state index in [2.05, 4.69) is 49.2 Å². The lowest BCUT2D eigenvalue weighted by atomic mass is 9.81. The number of thioether (sulfide) groups is 1. The van der Waals surface area contributed by atoms with Gasteiger partial charge in [-0.15, -0.1) is 0 Å². The van der Waals surface area contributed by atoms with Crippen molar-refractivity contribution < 1.29 is 98.3 Å². The SMILES string of the molecule is CCN1C(=CC=CC2=[N+](CCCSCC(=O)NCC=Cc3cn(C4OC(COP(=O)(O)OP(=O)(O)OP(=O)(O)O)C(O)C4O)c(=O)nc3N)c3ccc(S(=O)(=O)O)cc3C2(C)C)C(C)c2cc(SOO[O-])ccc21. The number of amides is 1. The molecule has 0 bridgehead atoms. The van der Waals surface area contributed by atoms with Crippen LogP contribution in [0.4, 0.5) is 17.2 Å². The van der Waals surface area contributed by atoms with Crippen LogP contribution in [0.1, 0.15) is 63.0 Å².